The maximum absolute atomic E-state index is 12.0. The average Bonchev–Trinajstić information content (AvgIpc) is 2.45. The molecule has 0 aromatic carbocycles. The quantitative estimate of drug-likeness (QED) is 0.794. The van der Waals surface area contributed by atoms with E-state index in [9.17, 15) is 9.59 Å². The number of hydrogen-bond acceptors (Lipinski definition) is 3. The van der Waals surface area contributed by atoms with Crippen molar-refractivity contribution in [2.75, 3.05) is 20.1 Å². The maximum Gasteiger partial charge on any atom is 0.321 e. The number of likely N-dealkylation sites (tertiary alicyclic amines) is 1. The minimum Gasteiger partial charge on any atom is -0.341 e. The van der Waals surface area contributed by atoms with Crippen molar-refractivity contribution in [3.63, 3.8) is 0 Å². The highest BCUT2D eigenvalue weighted by Gasteiger charge is 2.34. The number of fused-ring (bicyclic) bond motifs is 1. The molecule has 1 aliphatic carbocycles. The number of piperidine rings is 1. The van der Waals surface area contributed by atoms with Crippen molar-refractivity contribution in [2.24, 2.45) is 11.8 Å². The van der Waals surface area contributed by atoms with Gasteiger partial charge >= 0.3 is 6.03 Å². The summed E-state index contributed by atoms with van der Waals surface area (Å²) in [6.07, 6.45) is 6.55. The van der Waals surface area contributed by atoms with Gasteiger partial charge < -0.3 is 5.32 Å². The lowest BCUT2D eigenvalue weighted by Gasteiger charge is -2.43. The molecule has 5 nitrogen and oxygen atoms in total. The van der Waals surface area contributed by atoms with E-state index in [-0.39, 0.29) is 11.9 Å². The summed E-state index contributed by atoms with van der Waals surface area (Å²) in [5.41, 5.74) is 0. The molecule has 2 fully saturated rings. The Labute approximate surface area is 115 Å². The van der Waals surface area contributed by atoms with E-state index in [0.717, 1.165) is 24.9 Å². The van der Waals surface area contributed by atoms with Crippen LogP contribution in [0.5, 0.6) is 0 Å². The molecule has 108 valence electrons. The summed E-state index contributed by atoms with van der Waals surface area (Å²) in [5, 5.41) is 4.78. The van der Waals surface area contributed by atoms with Gasteiger partial charge in [-0.2, -0.15) is 0 Å². The second kappa shape index (κ2) is 6.37. The normalized spacial score (nSPS) is 29.2. The Balaban J connectivity index is 1.87. The van der Waals surface area contributed by atoms with Gasteiger partial charge in [-0.1, -0.05) is 19.3 Å². The molecule has 0 bridgehead atoms. The summed E-state index contributed by atoms with van der Waals surface area (Å²) in [7, 11) is 1.51. The topological polar surface area (TPSA) is 61.4 Å². The Hall–Kier alpha value is -1.10. The molecule has 3 amide bonds. The molecule has 2 rings (SSSR count). The summed E-state index contributed by atoms with van der Waals surface area (Å²) < 4.78 is 0. The van der Waals surface area contributed by atoms with Gasteiger partial charge in [0.1, 0.15) is 0 Å². The Bertz CT molecular complexity index is 346. The maximum atomic E-state index is 12.0. The Morgan fingerprint density at radius 1 is 1.16 bits per heavy atom. The standard InChI is InChI=1S/C14H25N3O2/c1-10(13(18)16-14(19)15-2)17-8-7-11-5-3-4-6-12(11)9-17/h10-12H,3-9H2,1-2H3,(H2,15,16,18,19)/t10-,11+,12-/m1/s1. The highest BCUT2D eigenvalue weighted by atomic mass is 16.2. The Kier molecular flexibility index (Phi) is 4.80. The first kappa shape index (κ1) is 14.3. The number of amides is 3. The van der Waals surface area contributed by atoms with Gasteiger partial charge in [0.05, 0.1) is 6.04 Å². The predicted molar refractivity (Wildman–Crippen MR) is 73.7 cm³/mol. The van der Waals surface area contributed by atoms with Crippen molar-refractivity contribution in [1.29, 1.82) is 0 Å². The van der Waals surface area contributed by atoms with Crippen molar-refractivity contribution in [3.05, 3.63) is 0 Å². The van der Waals surface area contributed by atoms with E-state index in [1.54, 1.807) is 0 Å². The van der Waals surface area contributed by atoms with Gasteiger partial charge in [0.25, 0.3) is 0 Å². The smallest absolute Gasteiger partial charge is 0.321 e. The van der Waals surface area contributed by atoms with Crippen LogP contribution < -0.4 is 10.6 Å². The van der Waals surface area contributed by atoms with Crippen molar-refractivity contribution in [2.45, 2.75) is 45.1 Å². The zero-order valence-corrected chi connectivity index (χ0v) is 11.9. The minimum atomic E-state index is -0.426. The Morgan fingerprint density at radius 2 is 1.84 bits per heavy atom. The third kappa shape index (κ3) is 3.47. The van der Waals surface area contributed by atoms with Crippen LogP contribution in [0.2, 0.25) is 0 Å². The fourth-order valence-corrected chi connectivity index (χ4v) is 3.43. The van der Waals surface area contributed by atoms with Crippen LogP contribution in [0.3, 0.4) is 0 Å². The molecule has 5 heteroatoms. The van der Waals surface area contributed by atoms with Crippen molar-refractivity contribution in [3.8, 4) is 0 Å². The van der Waals surface area contributed by atoms with E-state index < -0.39 is 6.03 Å². The van der Waals surface area contributed by atoms with Gasteiger partial charge in [0, 0.05) is 13.6 Å². The Morgan fingerprint density at radius 3 is 2.53 bits per heavy atom. The van der Waals surface area contributed by atoms with Crippen LogP contribution in [0.1, 0.15) is 39.0 Å². The molecule has 0 radical (unpaired) electrons. The molecule has 3 atom stereocenters. The van der Waals surface area contributed by atoms with Gasteiger partial charge in [0.2, 0.25) is 5.91 Å². The van der Waals surface area contributed by atoms with Crippen LogP contribution >= 0.6 is 0 Å². The lowest BCUT2D eigenvalue weighted by atomic mass is 9.75. The molecule has 0 unspecified atom stereocenters. The number of carbonyl (C=O) groups excluding carboxylic acids is 2. The highest BCUT2D eigenvalue weighted by Crippen LogP contribution is 2.36. The zero-order valence-electron chi connectivity index (χ0n) is 11.9. The number of nitrogens with zero attached hydrogens (tertiary/aromatic N) is 1. The third-order valence-electron chi connectivity index (χ3n) is 4.71. The molecule has 1 saturated carbocycles. The molecule has 1 aliphatic heterocycles. The first-order valence-electron chi connectivity index (χ1n) is 7.38. The fraction of sp³-hybridized carbons (Fsp3) is 0.857. The molecule has 1 heterocycles. The molecule has 2 aliphatic rings. The highest BCUT2D eigenvalue weighted by molar-refractivity contribution is 5.96. The summed E-state index contributed by atoms with van der Waals surface area (Å²) in [4.78, 5) is 25.4. The lowest BCUT2D eigenvalue weighted by molar-refractivity contribution is -0.126. The van der Waals surface area contributed by atoms with Gasteiger partial charge in [-0.05, 0) is 38.1 Å². The molecule has 0 aromatic rings. The number of nitrogens with one attached hydrogen (secondary N) is 2. The molecule has 19 heavy (non-hydrogen) atoms. The number of hydrogen-bond donors (Lipinski definition) is 2. The van der Waals surface area contributed by atoms with Crippen molar-refractivity contribution >= 4 is 11.9 Å². The van der Waals surface area contributed by atoms with Crippen LogP contribution in [0.4, 0.5) is 4.79 Å². The van der Waals surface area contributed by atoms with E-state index in [0.29, 0.717) is 0 Å². The largest absolute Gasteiger partial charge is 0.341 e. The number of rotatable bonds is 2. The summed E-state index contributed by atoms with van der Waals surface area (Å²) in [6.45, 7) is 3.87. The van der Waals surface area contributed by atoms with E-state index in [1.165, 1.54) is 39.2 Å². The van der Waals surface area contributed by atoms with Gasteiger partial charge in [0.15, 0.2) is 0 Å². The van der Waals surface area contributed by atoms with E-state index >= 15 is 0 Å². The van der Waals surface area contributed by atoms with Crippen LogP contribution in [0.25, 0.3) is 0 Å². The molecule has 2 N–H and O–H groups in total. The molecular formula is C14H25N3O2. The zero-order chi connectivity index (χ0) is 13.8. The number of imide groups is 1. The second-order valence-electron chi connectivity index (χ2n) is 5.83. The van der Waals surface area contributed by atoms with E-state index in [2.05, 4.69) is 15.5 Å². The molecular weight excluding hydrogens is 242 g/mol. The molecule has 0 aromatic heterocycles. The van der Waals surface area contributed by atoms with Gasteiger partial charge in [-0.15, -0.1) is 0 Å². The second-order valence-corrected chi connectivity index (χ2v) is 5.83. The predicted octanol–water partition coefficient (Wildman–Crippen LogP) is 1.34. The van der Waals surface area contributed by atoms with Crippen molar-refractivity contribution < 1.29 is 9.59 Å². The van der Waals surface area contributed by atoms with Crippen molar-refractivity contribution in [1.82, 2.24) is 15.5 Å². The van der Waals surface area contributed by atoms with Crippen LogP contribution in [-0.2, 0) is 4.79 Å². The minimum absolute atomic E-state index is 0.200. The third-order valence-corrected chi connectivity index (χ3v) is 4.71. The summed E-state index contributed by atoms with van der Waals surface area (Å²) in [5.74, 6) is 1.41. The number of carbonyl (C=O) groups is 2. The number of urea groups is 1. The fourth-order valence-electron chi connectivity index (χ4n) is 3.43. The van der Waals surface area contributed by atoms with Crippen LogP contribution in [0, 0.1) is 11.8 Å². The van der Waals surface area contributed by atoms with Gasteiger partial charge in [-0.3, -0.25) is 15.0 Å². The summed E-state index contributed by atoms with van der Waals surface area (Å²) in [6, 6.07) is -0.649. The summed E-state index contributed by atoms with van der Waals surface area (Å²) >= 11 is 0. The monoisotopic (exact) mass is 267 g/mol. The molecule has 0 spiro atoms. The van der Waals surface area contributed by atoms with Crippen LogP contribution in [0.15, 0.2) is 0 Å². The molecule has 1 saturated heterocycles. The average molecular weight is 267 g/mol. The first-order valence-corrected chi connectivity index (χ1v) is 7.38. The van der Waals surface area contributed by atoms with E-state index in [4.69, 9.17) is 0 Å². The lowest BCUT2D eigenvalue weighted by Crippen LogP contribution is -2.53. The van der Waals surface area contributed by atoms with E-state index in [1.807, 2.05) is 6.92 Å². The SMILES string of the molecule is CNC(=O)NC(=O)[C@@H](C)N1CC[C@@H]2CCCC[C@@H]2C1. The van der Waals surface area contributed by atoms with Crippen LogP contribution in [-0.4, -0.2) is 43.0 Å². The van der Waals surface area contributed by atoms with Gasteiger partial charge in [-0.25, -0.2) is 4.79 Å². The first-order chi connectivity index (χ1) is 9.11.